The fraction of sp³-hybridized carbons (Fsp3) is 0.100. The van der Waals surface area contributed by atoms with Gasteiger partial charge in [-0.15, -0.1) is 0 Å². The van der Waals surface area contributed by atoms with Gasteiger partial charge >= 0.3 is 0 Å². The zero-order valence-electron chi connectivity index (χ0n) is 15.0. The fourth-order valence-corrected chi connectivity index (χ4v) is 3.01. The van der Waals surface area contributed by atoms with Crippen molar-refractivity contribution in [2.45, 2.75) is 6.54 Å². The van der Waals surface area contributed by atoms with Crippen LogP contribution < -0.4 is 10.1 Å². The summed E-state index contributed by atoms with van der Waals surface area (Å²) < 4.78 is 7.28. The number of nitrogens with one attached hydrogen (secondary N) is 1. The Kier molecular flexibility index (Phi) is 4.59. The number of carbonyl (C=O) groups excluding carboxylic acids is 1. The zero-order chi connectivity index (χ0) is 19.5. The maximum atomic E-state index is 11.0. The van der Waals surface area contributed by atoms with Crippen molar-refractivity contribution in [2.24, 2.45) is 0 Å². The van der Waals surface area contributed by atoms with E-state index in [1.54, 1.807) is 37.7 Å². The van der Waals surface area contributed by atoms with E-state index in [4.69, 9.17) is 4.74 Å². The minimum absolute atomic E-state index is 0.105. The van der Waals surface area contributed by atoms with E-state index in [0.717, 1.165) is 11.3 Å². The highest BCUT2D eigenvalue weighted by Gasteiger charge is 2.15. The number of rotatable bonds is 6. The van der Waals surface area contributed by atoms with Gasteiger partial charge in [-0.05, 0) is 18.2 Å². The molecule has 0 spiro atoms. The molecule has 0 saturated carbocycles. The first-order chi connectivity index (χ1) is 13.7. The molecule has 0 bridgehead atoms. The lowest BCUT2D eigenvalue weighted by Gasteiger charge is -2.10. The number of methoxy groups -OCH3 is 1. The standard InChI is InChI=1S/C20H17N5O3/c1-28-16-8-3-2-5-14(16)10-25-11-21-17-19(22-12-26)23-18(24-20(17)25)13-6-4-7-15(27)9-13/h2-9,11-12,27H,10H2,1H3,(H,22,23,24,26). The molecule has 0 unspecified atom stereocenters. The number of aromatic hydroxyl groups is 1. The van der Waals surface area contributed by atoms with Gasteiger partial charge in [0.25, 0.3) is 0 Å². The largest absolute Gasteiger partial charge is 0.508 e. The molecule has 2 heterocycles. The summed E-state index contributed by atoms with van der Waals surface area (Å²) in [5.74, 6) is 1.54. The molecule has 0 aliphatic rings. The van der Waals surface area contributed by atoms with Crippen molar-refractivity contribution in [1.29, 1.82) is 0 Å². The summed E-state index contributed by atoms with van der Waals surface area (Å²) in [4.78, 5) is 24.4. The predicted octanol–water partition coefficient (Wildman–Crippen LogP) is 2.82. The highest BCUT2D eigenvalue weighted by molar-refractivity contribution is 5.90. The third-order valence-corrected chi connectivity index (χ3v) is 4.30. The number of phenols is 1. The Balaban J connectivity index is 1.85. The number of fused-ring (bicyclic) bond motifs is 1. The summed E-state index contributed by atoms with van der Waals surface area (Å²) >= 11 is 0. The van der Waals surface area contributed by atoms with Crippen LogP contribution in [0.25, 0.3) is 22.6 Å². The van der Waals surface area contributed by atoms with Crippen molar-refractivity contribution in [1.82, 2.24) is 19.5 Å². The molecule has 0 fully saturated rings. The highest BCUT2D eigenvalue weighted by atomic mass is 16.5. The van der Waals surface area contributed by atoms with Crippen LogP contribution in [0.5, 0.6) is 11.5 Å². The number of hydrogen-bond donors (Lipinski definition) is 2. The molecule has 1 amide bonds. The number of carbonyl (C=O) groups is 1. The van der Waals surface area contributed by atoms with Crippen molar-refractivity contribution in [3.8, 4) is 22.9 Å². The van der Waals surface area contributed by atoms with Gasteiger partial charge in [-0.25, -0.2) is 15.0 Å². The number of phenolic OH excluding ortho intramolecular Hbond substituents is 1. The Morgan fingerprint density at radius 2 is 2.04 bits per heavy atom. The molecule has 4 aromatic rings. The summed E-state index contributed by atoms with van der Waals surface area (Å²) in [7, 11) is 1.62. The summed E-state index contributed by atoms with van der Waals surface area (Å²) in [6.07, 6.45) is 2.20. The topological polar surface area (TPSA) is 102 Å². The summed E-state index contributed by atoms with van der Waals surface area (Å²) in [6, 6.07) is 14.3. The number of benzene rings is 2. The van der Waals surface area contributed by atoms with Crippen molar-refractivity contribution in [3.05, 3.63) is 60.4 Å². The van der Waals surface area contributed by atoms with E-state index < -0.39 is 0 Å². The van der Waals surface area contributed by atoms with Gasteiger partial charge in [0.2, 0.25) is 6.41 Å². The molecule has 0 atom stereocenters. The Morgan fingerprint density at radius 1 is 1.18 bits per heavy atom. The number of imidazole rings is 1. The van der Waals surface area contributed by atoms with Crippen LogP contribution >= 0.6 is 0 Å². The zero-order valence-corrected chi connectivity index (χ0v) is 15.0. The Hall–Kier alpha value is -3.94. The lowest BCUT2D eigenvalue weighted by Crippen LogP contribution is -2.05. The SMILES string of the molecule is COc1ccccc1Cn1cnc2c(NC=O)nc(-c3cccc(O)c3)nc21. The Morgan fingerprint density at radius 3 is 2.82 bits per heavy atom. The molecule has 2 aromatic carbocycles. The average Bonchev–Trinajstić information content (AvgIpc) is 3.12. The second-order valence-corrected chi connectivity index (χ2v) is 6.06. The number of aromatic nitrogens is 4. The van der Waals surface area contributed by atoms with Crippen LogP contribution in [-0.2, 0) is 11.3 Å². The number of anilines is 1. The van der Waals surface area contributed by atoms with Gasteiger partial charge in [0.1, 0.15) is 11.5 Å². The number of hydrogen-bond acceptors (Lipinski definition) is 6. The maximum Gasteiger partial charge on any atom is 0.212 e. The molecule has 140 valence electrons. The van der Waals surface area contributed by atoms with E-state index in [1.807, 2.05) is 28.8 Å². The van der Waals surface area contributed by atoms with Crippen molar-refractivity contribution in [3.63, 3.8) is 0 Å². The quantitative estimate of drug-likeness (QED) is 0.503. The van der Waals surface area contributed by atoms with Gasteiger partial charge in [0.05, 0.1) is 20.0 Å². The van der Waals surface area contributed by atoms with Crippen LogP contribution in [0.1, 0.15) is 5.56 Å². The minimum atomic E-state index is 0.105. The fourth-order valence-electron chi connectivity index (χ4n) is 3.01. The van der Waals surface area contributed by atoms with E-state index in [-0.39, 0.29) is 5.75 Å². The first-order valence-electron chi connectivity index (χ1n) is 8.54. The molecule has 2 N–H and O–H groups in total. The van der Waals surface area contributed by atoms with E-state index in [9.17, 15) is 9.90 Å². The summed E-state index contributed by atoms with van der Waals surface area (Å²) in [5, 5.41) is 12.3. The Bertz CT molecular complexity index is 1160. The number of nitrogens with zero attached hydrogens (tertiary/aromatic N) is 4. The van der Waals surface area contributed by atoms with Gasteiger partial charge in [-0.1, -0.05) is 30.3 Å². The van der Waals surface area contributed by atoms with Crippen molar-refractivity contribution in [2.75, 3.05) is 12.4 Å². The molecule has 28 heavy (non-hydrogen) atoms. The van der Waals surface area contributed by atoms with E-state index >= 15 is 0 Å². The van der Waals surface area contributed by atoms with Crippen LogP contribution in [0.2, 0.25) is 0 Å². The van der Waals surface area contributed by atoms with Gasteiger partial charge in [0.15, 0.2) is 22.8 Å². The third-order valence-electron chi connectivity index (χ3n) is 4.30. The van der Waals surface area contributed by atoms with E-state index in [1.165, 1.54) is 0 Å². The first-order valence-corrected chi connectivity index (χ1v) is 8.54. The lowest BCUT2D eigenvalue weighted by atomic mass is 10.2. The lowest BCUT2D eigenvalue weighted by molar-refractivity contribution is -0.105. The van der Waals surface area contributed by atoms with Crippen LogP contribution in [0.3, 0.4) is 0 Å². The van der Waals surface area contributed by atoms with Gasteiger partial charge in [-0.2, -0.15) is 0 Å². The van der Waals surface area contributed by atoms with Gasteiger partial charge in [-0.3, -0.25) is 4.79 Å². The molecule has 0 radical (unpaired) electrons. The molecule has 0 aliphatic carbocycles. The summed E-state index contributed by atoms with van der Waals surface area (Å²) in [5.41, 5.74) is 2.63. The van der Waals surface area contributed by atoms with Gasteiger partial charge < -0.3 is 19.7 Å². The van der Waals surface area contributed by atoms with Crippen molar-refractivity contribution < 1.29 is 14.6 Å². The monoisotopic (exact) mass is 375 g/mol. The van der Waals surface area contributed by atoms with E-state index in [0.29, 0.717) is 41.3 Å². The number of amides is 1. The molecular weight excluding hydrogens is 358 g/mol. The molecule has 2 aromatic heterocycles. The first kappa shape index (κ1) is 17.5. The molecular formula is C20H17N5O3. The Labute approximate surface area is 160 Å². The number of ether oxygens (including phenoxy) is 1. The second kappa shape index (κ2) is 7.36. The summed E-state index contributed by atoms with van der Waals surface area (Å²) in [6.45, 7) is 0.484. The molecule has 4 rings (SSSR count). The molecule has 8 heteroatoms. The minimum Gasteiger partial charge on any atom is -0.508 e. The molecule has 8 nitrogen and oxygen atoms in total. The third kappa shape index (κ3) is 3.23. The average molecular weight is 375 g/mol. The van der Waals surface area contributed by atoms with Crippen LogP contribution in [0.4, 0.5) is 5.82 Å². The second-order valence-electron chi connectivity index (χ2n) is 6.06. The number of para-hydroxylation sites is 1. The maximum absolute atomic E-state index is 11.0. The van der Waals surface area contributed by atoms with Gasteiger partial charge in [0, 0.05) is 11.1 Å². The highest BCUT2D eigenvalue weighted by Crippen LogP contribution is 2.27. The predicted molar refractivity (Wildman–Crippen MR) is 104 cm³/mol. The normalized spacial score (nSPS) is 10.8. The van der Waals surface area contributed by atoms with Crippen LogP contribution in [0, 0.1) is 0 Å². The smallest absolute Gasteiger partial charge is 0.212 e. The molecule has 0 saturated heterocycles. The molecule has 0 aliphatic heterocycles. The van der Waals surface area contributed by atoms with Crippen LogP contribution in [0.15, 0.2) is 54.9 Å². The van der Waals surface area contributed by atoms with Crippen LogP contribution in [-0.4, -0.2) is 38.1 Å². The van der Waals surface area contributed by atoms with E-state index in [2.05, 4.69) is 20.3 Å². The van der Waals surface area contributed by atoms with Crippen molar-refractivity contribution >= 4 is 23.4 Å².